The Morgan fingerprint density at radius 2 is 1.59 bits per heavy atom. The SMILES string of the molecule is CCC1CCC(c2ncc(-c3ccc4c(c3)COc3cc5c(ccc6[nH]c(C7CC(COC)CN7C(=O)C(NC(=O)OC)C(C)C)nc65)cc3-4)[nH]2)N1C(=O)C(NC(=O)OC)C(C)C. The molecule has 16 heteroatoms. The van der Waals surface area contributed by atoms with Crippen molar-refractivity contribution in [2.75, 3.05) is 34.5 Å². The van der Waals surface area contributed by atoms with Crippen LogP contribution in [0.15, 0.2) is 48.7 Å². The number of hydrogen-bond acceptors (Lipinski definition) is 10. The molecule has 4 N–H and O–H groups in total. The van der Waals surface area contributed by atoms with Gasteiger partial charge in [0.1, 0.15) is 36.1 Å². The lowest BCUT2D eigenvalue weighted by Gasteiger charge is -2.34. The van der Waals surface area contributed by atoms with E-state index in [1.54, 1.807) is 7.11 Å². The maximum Gasteiger partial charge on any atom is 0.407 e. The van der Waals surface area contributed by atoms with Gasteiger partial charge in [-0.25, -0.2) is 19.6 Å². The molecule has 2 saturated heterocycles. The van der Waals surface area contributed by atoms with Crippen LogP contribution in [0, 0.1) is 17.8 Å². The number of likely N-dealkylation sites (tertiary alicyclic amines) is 2. The zero-order valence-electron chi connectivity index (χ0n) is 37.2. The summed E-state index contributed by atoms with van der Waals surface area (Å²) < 4.78 is 21.6. The molecule has 0 radical (unpaired) electrons. The smallest absolute Gasteiger partial charge is 0.407 e. The Morgan fingerprint density at radius 1 is 0.857 bits per heavy atom. The van der Waals surface area contributed by atoms with Crippen molar-refractivity contribution in [2.45, 2.75) is 97.1 Å². The second-order valence-corrected chi connectivity index (χ2v) is 17.7. The van der Waals surface area contributed by atoms with Gasteiger partial charge < -0.3 is 49.3 Å². The minimum Gasteiger partial charge on any atom is -0.488 e. The van der Waals surface area contributed by atoms with Crippen molar-refractivity contribution < 1.29 is 38.1 Å². The van der Waals surface area contributed by atoms with Gasteiger partial charge in [-0.05, 0) is 83.9 Å². The largest absolute Gasteiger partial charge is 0.488 e. The van der Waals surface area contributed by atoms with Crippen molar-refractivity contribution in [2.24, 2.45) is 17.8 Å². The topological polar surface area (TPSA) is 193 Å². The number of methoxy groups -OCH3 is 3. The number of nitrogens with one attached hydrogen (secondary N) is 4. The van der Waals surface area contributed by atoms with Gasteiger partial charge in [0.25, 0.3) is 0 Å². The number of benzene rings is 3. The average molecular weight is 863 g/mol. The molecule has 0 aliphatic carbocycles. The van der Waals surface area contributed by atoms with Crippen LogP contribution >= 0.6 is 0 Å². The van der Waals surface area contributed by atoms with Crippen LogP contribution in [0.25, 0.3) is 44.2 Å². The summed E-state index contributed by atoms with van der Waals surface area (Å²) in [4.78, 5) is 73.2. The summed E-state index contributed by atoms with van der Waals surface area (Å²) in [5.41, 5.74) is 6.52. The van der Waals surface area contributed by atoms with Crippen LogP contribution in [-0.2, 0) is 30.4 Å². The summed E-state index contributed by atoms with van der Waals surface area (Å²) in [6, 6.07) is 12.6. The molecule has 2 aromatic heterocycles. The van der Waals surface area contributed by atoms with E-state index in [0.717, 1.165) is 74.8 Å². The van der Waals surface area contributed by atoms with Gasteiger partial charge in [-0.1, -0.05) is 52.8 Å². The summed E-state index contributed by atoms with van der Waals surface area (Å²) in [5, 5.41) is 7.41. The quantitative estimate of drug-likeness (QED) is 0.0982. The summed E-state index contributed by atoms with van der Waals surface area (Å²) in [5.74, 6) is 1.62. The summed E-state index contributed by atoms with van der Waals surface area (Å²) in [6.45, 7) is 11.0. The molecule has 2 fully saturated rings. The van der Waals surface area contributed by atoms with Crippen LogP contribution in [0.4, 0.5) is 9.59 Å². The number of aromatic amines is 2. The molecule has 0 saturated carbocycles. The predicted octanol–water partition coefficient (Wildman–Crippen LogP) is 7.40. The zero-order valence-corrected chi connectivity index (χ0v) is 37.2. The van der Waals surface area contributed by atoms with Crippen molar-refractivity contribution >= 4 is 45.8 Å². The number of ether oxygens (including phenoxy) is 4. The second kappa shape index (κ2) is 17.9. The van der Waals surface area contributed by atoms with Crippen LogP contribution in [-0.4, -0.2) is 106 Å². The molecule has 8 rings (SSSR count). The fourth-order valence-corrected chi connectivity index (χ4v) is 9.69. The van der Waals surface area contributed by atoms with E-state index in [2.05, 4.69) is 63.9 Å². The second-order valence-electron chi connectivity index (χ2n) is 17.7. The van der Waals surface area contributed by atoms with Gasteiger partial charge in [0.05, 0.1) is 55.8 Å². The summed E-state index contributed by atoms with van der Waals surface area (Å²) >= 11 is 0. The Hall–Kier alpha value is -6.16. The van der Waals surface area contributed by atoms with E-state index in [1.807, 2.05) is 49.8 Å². The number of H-pyrrole nitrogens is 2. The standard InChI is InChI=1S/C47H58N8O8/c1-9-30-12-15-36(55(30)45(57)40(25(4)5)53-47(59)62-8)42-48-20-35(50-42)28-10-13-31-29(17-28)23-63-38-19-32-27(18-33(31)38)11-14-34-41(32)51-43(49-34)37-16-26(22-60-6)21-54(37)44(56)39(24(2)3)52-46(58)61-7/h10-11,13-14,17-20,24-26,30,36-37,39-40H,9,12,15-16,21-23H2,1-8H3,(H,48,50)(H,49,51)(H,52,58)(H,53,59). The molecule has 5 aromatic rings. The van der Waals surface area contributed by atoms with E-state index in [1.165, 1.54) is 14.2 Å². The number of hydrogen-bond donors (Lipinski definition) is 4. The summed E-state index contributed by atoms with van der Waals surface area (Å²) in [6.07, 6.45) is 3.60. The molecule has 4 amide bonds. The van der Waals surface area contributed by atoms with Crippen LogP contribution in [0.2, 0.25) is 0 Å². The minimum atomic E-state index is -0.762. The number of carbonyl (C=O) groups is 4. The highest BCUT2D eigenvalue weighted by molar-refractivity contribution is 6.07. The Kier molecular flexibility index (Phi) is 12.4. The Balaban J connectivity index is 1.06. The highest BCUT2D eigenvalue weighted by Crippen LogP contribution is 2.44. The molecule has 6 unspecified atom stereocenters. The Morgan fingerprint density at radius 3 is 2.27 bits per heavy atom. The van der Waals surface area contributed by atoms with Gasteiger partial charge >= 0.3 is 12.2 Å². The molecule has 0 spiro atoms. The third-order valence-corrected chi connectivity index (χ3v) is 13.0. The van der Waals surface area contributed by atoms with Gasteiger partial charge in [-0.15, -0.1) is 0 Å². The number of carbonyl (C=O) groups excluding carboxylic acids is 4. The molecule has 3 aliphatic heterocycles. The number of aromatic nitrogens is 4. The first-order valence-corrected chi connectivity index (χ1v) is 21.9. The maximum atomic E-state index is 14.1. The number of nitrogens with zero attached hydrogens (tertiary/aromatic N) is 4. The van der Waals surface area contributed by atoms with Gasteiger partial charge in [0.2, 0.25) is 11.8 Å². The monoisotopic (exact) mass is 862 g/mol. The number of fused-ring (bicyclic) bond motifs is 6. The third-order valence-electron chi connectivity index (χ3n) is 13.0. The molecule has 16 nitrogen and oxygen atoms in total. The predicted molar refractivity (Wildman–Crippen MR) is 237 cm³/mol. The van der Waals surface area contributed by atoms with Crippen LogP contribution in [0.3, 0.4) is 0 Å². The molecule has 0 bridgehead atoms. The molecule has 3 aliphatic rings. The molecule has 3 aromatic carbocycles. The first-order valence-electron chi connectivity index (χ1n) is 21.9. The zero-order chi connectivity index (χ0) is 44.7. The highest BCUT2D eigenvalue weighted by Gasteiger charge is 2.43. The van der Waals surface area contributed by atoms with Crippen molar-refractivity contribution in [3.05, 3.63) is 65.9 Å². The van der Waals surface area contributed by atoms with E-state index < -0.39 is 24.3 Å². The number of rotatable bonds is 12. The van der Waals surface area contributed by atoms with Crippen molar-refractivity contribution in [1.29, 1.82) is 0 Å². The molecular weight excluding hydrogens is 805 g/mol. The number of imidazole rings is 2. The minimum absolute atomic E-state index is 0.0305. The number of alkyl carbamates (subject to hydrolysis) is 2. The van der Waals surface area contributed by atoms with Crippen LogP contribution in [0.1, 0.15) is 89.6 Å². The van der Waals surface area contributed by atoms with Crippen molar-refractivity contribution in [3.63, 3.8) is 0 Å². The number of amides is 4. The van der Waals surface area contributed by atoms with E-state index in [4.69, 9.17) is 28.9 Å². The first-order chi connectivity index (χ1) is 30.3. The van der Waals surface area contributed by atoms with Gasteiger partial charge in [0, 0.05) is 36.6 Å². The summed E-state index contributed by atoms with van der Waals surface area (Å²) in [7, 11) is 4.24. The van der Waals surface area contributed by atoms with Gasteiger partial charge in [-0.2, -0.15) is 0 Å². The lowest BCUT2D eigenvalue weighted by molar-refractivity contribution is -0.138. The van der Waals surface area contributed by atoms with Crippen molar-refractivity contribution in [1.82, 2.24) is 40.4 Å². The molecule has 6 atom stereocenters. The Bertz CT molecular complexity index is 2530. The average Bonchev–Trinajstić information content (AvgIpc) is 4.11. The maximum absolute atomic E-state index is 14.1. The highest BCUT2D eigenvalue weighted by atomic mass is 16.5. The molecule has 334 valence electrons. The van der Waals surface area contributed by atoms with Gasteiger partial charge in [-0.3, -0.25) is 9.59 Å². The van der Waals surface area contributed by atoms with E-state index in [-0.39, 0.29) is 47.7 Å². The fraction of sp³-hybridized carbons (Fsp3) is 0.489. The molecule has 5 heterocycles. The van der Waals surface area contributed by atoms with E-state index in [0.29, 0.717) is 37.8 Å². The lowest BCUT2D eigenvalue weighted by atomic mass is 9.92. The molecule has 63 heavy (non-hydrogen) atoms. The first kappa shape index (κ1) is 43.5. The van der Waals surface area contributed by atoms with Crippen LogP contribution in [0.5, 0.6) is 5.75 Å². The fourth-order valence-electron chi connectivity index (χ4n) is 9.69. The third kappa shape index (κ3) is 8.28. The van der Waals surface area contributed by atoms with E-state index >= 15 is 0 Å². The van der Waals surface area contributed by atoms with Crippen molar-refractivity contribution in [3.8, 4) is 28.1 Å². The Labute approximate surface area is 366 Å². The lowest BCUT2D eigenvalue weighted by Crippen LogP contribution is -2.53. The van der Waals surface area contributed by atoms with Crippen LogP contribution < -0.4 is 15.4 Å². The van der Waals surface area contributed by atoms with E-state index in [9.17, 15) is 19.2 Å². The molecular formula is C47H58N8O8. The normalized spacial score (nSPS) is 20.4. The van der Waals surface area contributed by atoms with Gasteiger partial charge in [0.15, 0.2) is 0 Å².